The summed E-state index contributed by atoms with van der Waals surface area (Å²) in [6, 6.07) is 1.38. The first-order valence-corrected chi connectivity index (χ1v) is 5.66. The maximum atomic E-state index is 10.9. The van der Waals surface area contributed by atoms with Gasteiger partial charge < -0.3 is 10.0 Å². The standard InChI is InChI=1S/C10H12BrN3O3/c1-2-3-13(4-5-15)10-9(14(16)17)6-8(11)7-12-10/h2,6-7,15H,1,3-5H2. The second-order valence-corrected chi connectivity index (χ2v) is 4.13. The van der Waals surface area contributed by atoms with E-state index in [0.717, 1.165) is 0 Å². The molecule has 0 saturated heterocycles. The zero-order chi connectivity index (χ0) is 12.8. The molecule has 1 N–H and O–H groups in total. The fourth-order valence-electron chi connectivity index (χ4n) is 1.36. The predicted molar refractivity (Wildman–Crippen MR) is 68.1 cm³/mol. The quantitative estimate of drug-likeness (QED) is 0.492. The van der Waals surface area contributed by atoms with Crippen LogP contribution in [-0.2, 0) is 0 Å². The van der Waals surface area contributed by atoms with Crippen molar-refractivity contribution < 1.29 is 10.0 Å². The minimum atomic E-state index is -0.499. The first-order valence-electron chi connectivity index (χ1n) is 4.86. The predicted octanol–water partition coefficient (Wildman–Crippen LogP) is 1.74. The molecule has 0 aliphatic heterocycles. The Morgan fingerprint density at radius 2 is 2.41 bits per heavy atom. The molecule has 1 aromatic heterocycles. The Morgan fingerprint density at radius 1 is 1.71 bits per heavy atom. The van der Waals surface area contributed by atoms with Crippen LogP contribution < -0.4 is 4.90 Å². The second kappa shape index (κ2) is 6.31. The molecule has 92 valence electrons. The monoisotopic (exact) mass is 301 g/mol. The van der Waals surface area contributed by atoms with Crippen molar-refractivity contribution >= 4 is 27.4 Å². The molecule has 0 saturated carbocycles. The van der Waals surface area contributed by atoms with Gasteiger partial charge in [-0.1, -0.05) is 6.08 Å². The molecule has 17 heavy (non-hydrogen) atoms. The van der Waals surface area contributed by atoms with Gasteiger partial charge in [-0.05, 0) is 15.9 Å². The number of aliphatic hydroxyl groups excluding tert-OH is 1. The number of pyridine rings is 1. The lowest BCUT2D eigenvalue weighted by molar-refractivity contribution is -0.384. The van der Waals surface area contributed by atoms with E-state index in [1.807, 2.05) is 0 Å². The normalized spacial score (nSPS) is 10.0. The summed E-state index contributed by atoms with van der Waals surface area (Å²) in [5, 5.41) is 19.8. The van der Waals surface area contributed by atoms with Gasteiger partial charge in [0.25, 0.3) is 0 Å². The fraction of sp³-hybridized carbons (Fsp3) is 0.300. The average molecular weight is 302 g/mol. The highest BCUT2D eigenvalue weighted by atomic mass is 79.9. The molecule has 0 fully saturated rings. The zero-order valence-electron chi connectivity index (χ0n) is 9.04. The molecule has 0 aliphatic rings. The van der Waals surface area contributed by atoms with Crippen LogP contribution in [0.15, 0.2) is 29.4 Å². The number of nitrogens with zero attached hydrogens (tertiary/aromatic N) is 3. The molecule has 0 spiro atoms. The van der Waals surface area contributed by atoms with Gasteiger partial charge in [0, 0.05) is 29.8 Å². The third-order valence-electron chi connectivity index (χ3n) is 2.03. The van der Waals surface area contributed by atoms with E-state index in [1.54, 1.807) is 11.0 Å². The number of hydrogen-bond acceptors (Lipinski definition) is 5. The number of aromatic nitrogens is 1. The van der Waals surface area contributed by atoms with Crippen molar-refractivity contribution in [3.05, 3.63) is 39.5 Å². The molecule has 0 atom stereocenters. The molecule has 7 heteroatoms. The minimum Gasteiger partial charge on any atom is -0.395 e. The maximum absolute atomic E-state index is 10.9. The number of rotatable bonds is 6. The number of nitro groups is 1. The van der Waals surface area contributed by atoms with E-state index in [9.17, 15) is 10.1 Å². The summed E-state index contributed by atoms with van der Waals surface area (Å²) in [4.78, 5) is 16.0. The highest BCUT2D eigenvalue weighted by Gasteiger charge is 2.20. The van der Waals surface area contributed by atoms with Gasteiger partial charge in [0.05, 0.1) is 11.5 Å². The fourth-order valence-corrected chi connectivity index (χ4v) is 1.68. The van der Waals surface area contributed by atoms with Gasteiger partial charge in [-0.2, -0.15) is 0 Å². The van der Waals surface area contributed by atoms with E-state index < -0.39 is 4.92 Å². The summed E-state index contributed by atoms with van der Waals surface area (Å²) >= 11 is 3.14. The lowest BCUT2D eigenvalue weighted by Gasteiger charge is -2.20. The Bertz CT molecular complexity index is 425. The van der Waals surface area contributed by atoms with Gasteiger partial charge in [-0.25, -0.2) is 4.98 Å². The van der Waals surface area contributed by atoms with E-state index in [1.165, 1.54) is 12.3 Å². The summed E-state index contributed by atoms with van der Waals surface area (Å²) in [5.74, 6) is 0.229. The van der Waals surface area contributed by atoms with Gasteiger partial charge in [0.15, 0.2) is 0 Å². The van der Waals surface area contributed by atoms with E-state index >= 15 is 0 Å². The van der Waals surface area contributed by atoms with Crippen LogP contribution in [0, 0.1) is 10.1 Å². The second-order valence-electron chi connectivity index (χ2n) is 3.21. The number of halogens is 1. The van der Waals surface area contributed by atoms with Crippen molar-refractivity contribution in [2.45, 2.75) is 0 Å². The Labute approximate surface area is 107 Å². The molecule has 1 rings (SSSR count). The smallest absolute Gasteiger partial charge is 0.312 e. The van der Waals surface area contributed by atoms with Crippen molar-refractivity contribution in [1.82, 2.24) is 4.98 Å². The summed E-state index contributed by atoms with van der Waals surface area (Å²) in [7, 11) is 0. The molecule has 0 amide bonds. The highest BCUT2D eigenvalue weighted by molar-refractivity contribution is 9.10. The van der Waals surface area contributed by atoms with Crippen molar-refractivity contribution in [3.63, 3.8) is 0 Å². The maximum Gasteiger partial charge on any atom is 0.312 e. The SMILES string of the molecule is C=CCN(CCO)c1ncc(Br)cc1[N+](=O)[O-]. The van der Waals surface area contributed by atoms with E-state index in [0.29, 0.717) is 11.0 Å². The first kappa shape index (κ1) is 13.6. The third kappa shape index (κ3) is 3.50. The van der Waals surface area contributed by atoms with E-state index in [4.69, 9.17) is 5.11 Å². The molecule has 0 aromatic carbocycles. The molecule has 0 bridgehead atoms. The number of hydrogen-bond donors (Lipinski definition) is 1. The van der Waals surface area contributed by atoms with Crippen LogP contribution in [0.2, 0.25) is 0 Å². The number of aliphatic hydroxyl groups is 1. The van der Waals surface area contributed by atoms with Crippen LogP contribution in [0.25, 0.3) is 0 Å². The Morgan fingerprint density at radius 3 is 2.94 bits per heavy atom. The van der Waals surface area contributed by atoms with Crippen LogP contribution >= 0.6 is 15.9 Å². The molecule has 0 radical (unpaired) electrons. The lowest BCUT2D eigenvalue weighted by Crippen LogP contribution is -2.28. The van der Waals surface area contributed by atoms with Gasteiger partial charge in [-0.3, -0.25) is 10.1 Å². The molecule has 0 unspecified atom stereocenters. The zero-order valence-corrected chi connectivity index (χ0v) is 10.6. The van der Waals surface area contributed by atoms with Crippen molar-refractivity contribution in [3.8, 4) is 0 Å². The molecule has 1 aromatic rings. The van der Waals surface area contributed by atoms with Crippen LogP contribution in [-0.4, -0.2) is 34.7 Å². The molecular weight excluding hydrogens is 290 g/mol. The number of anilines is 1. The topological polar surface area (TPSA) is 79.5 Å². The van der Waals surface area contributed by atoms with Crippen molar-refractivity contribution in [1.29, 1.82) is 0 Å². The Kier molecular flexibility index (Phi) is 5.05. The first-order chi connectivity index (χ1) is 8.10. The van der Waals surface area contributed by atoms with Gasteiger partial charge >= 0.3 is 5.69 Å². The van der Waals surface area contributed by atoms with Crippen LogP contribution in [0.5, 0.6) is 0 Å². The highest BCUT2D eigenvalue weighted by Crippen LogP contribution is 2.28. The van der Waals surface area contributed by atoms with Crippen molar-refractivity contribution in [2.75, 3.05) is 24.6 Å². The minimum absolute atomic E-state index is 0.102. The van der Waals surface area contributed by atoms with Crippen LogP contribution in [0.3, 0.4) is 0 Å². The Balaban J connectivity index is 3.16. The summed E-state index contributed by atoms with van der Waals surface area (Å²) in [6.07, 6.45) is 3.08. The lowest BCUT2D eigenvalue weighted by atomic mass is 10.3. The third-order valence-corrected chi connectivity index (χ3v) is 2.46. The largest absolute Gasteiger partial charge is 0.395 e. The molecule has 1 heterocycles. The summed E-state index contributed by atoms with van der Waals surface area (Å²) in [5.41, 5.74) is -0.102. The molecular formula is C10H12BrN3O3. The van der Waals surface area contributed by atoms with E-state index in [-0.39, 0.29) is 24.7 Å². The molecule has 0 aliphatic carbocycles. The van der Waals surface area contributed by atoms with E-state index in [2.05, 4.69) is 27.5 Å². The molecule has 6 nitrogen and oxygen atoms in total. The van der Waals surface area contributed by atoms with Crippen LogP contribution in [0.4, 0.5) is 11.5 Å². The average Bonchev–Trinajstić information content (AvgIpc) is 2.28. The van der Waals surface area contributed by atoms with Gasteiger partial charge in [-0.15, -0.1) is 6.58 Å². The van der Waals surface area contributed by atoms with Crippen molar-refractivity contribution in [2.24, 2.45) is 0 Å². The van der Waals surface area contributed by atoms with Gasteiger partial charge in [0.2, 0.25) is 5.82 Å². The Hall–Kier alpha value is -1.47. The summed E-state index contributed by atoms with van der Waals surface area (Å²) < 4.78 is 0.538. The summed E-state index contributed by atoms with van der Waals surface area (Å²) in [6.45, 7) is 4.11. The van der Waals surface area contributed by atoms with Gasteiger partial charge in [0.1, 0.15) is 0 Å². The van der Waals surface area contributed by atoms with Crippen LogP contribution in [0.1, 0.15) is 0 Å².